The molecule has 6 N–H and O–H groups in total. The number of hydrogen-bond acceptors (Lipinski definition) is 6. The van der Waals surface area contributed by atoms with Gasteiger partial charge in [0.1, 0.15) is 0 Å². The van der Waals surface area contributed by atoms with Crippen LogP contribution in [0.5, 0.6) is 0 Å². The minimum Gasteiger partial charge on any atom is -0.756 e. The molecule has 0 aliphatic rings. The first kappa shape index (κ1) is 24.2. The Hall–Kier alpha value is 0.116. The first-order valence-corrected chi connectivity index (χ1v) is 5.47. The van der Waals surface area contributed by atoms with Gasteiger partial charge in [0, 0.05) is 0 Å². The number of aliphatic hydroxyl groups is 1. The first-order valence-electron chi connectivity index (χ1n) is 3.94. The second-order valence-electron chi connectivity index (χ2n) is 2.97. The monoisotopic (exact) mass is 328 g/mol. The molecule has 0 atom stereocenters. The van der Waals surface area contributed by atoms with Crippen molar-refractivity contribution in [2.24, 2.45) is 0 Å². The third kappa shape index (κ3) is 18.1. The summed E-state index contributed by atoms with van der Waals surface area (Å²) in [7, 11) is -4.89. The predicted molar refractivity (Wildman–Crippen MR) is 49.1 cm³/mol. The van der Waals surface area contributed by atoms with E-state index in [1.165, 1.54) is 0 Å². The molecule has 0 aromatic rings. The molecule has 0 unspecified atom stereocenters. The van der Waals surface area contributed by atoms with Gasteiger partial charge in [0.2, 0.25) is 0 Å². The van der Waals surface area contributed by atoms with Gasteiger partial charge in [0.25, 0.3) is 7.82 Å². The average Bonchev–Trinajstić information content (AvgIpc) is 1.95. The van der Waals surface area contributed by atoms with Gasteiger partial charge in [-0.2, -0.15) is 0 Å². The molecule has 0 saturated heterocycles. The van der Waals surface area contributed by atoms with E-state index in [9.17, 15) is 14.4 Å². The van der Waals surface area contributed by atoms with E-state index >= 15 is 0 Å². The van der Waals surface area contributed by atoms with Crippen molar-refractivity contribution in [2.45, 2.75) is 18.4 Å². The number of aliphatic carboxylic acids is 3. The number of carboxylic acids is 3. The summed E-state index contributed by atoms with van der Waals surface area (Å²) in [5, 5.41) is 33.8. The molecule has 106 valence electrons. The Kier molecular flexibility index (Phi) is 12.6. The number of rotatable bonds is 5. The summed E-state index contributed by atoms with van der Waals surface area (Å²) in [5.74, 6) is -5.02. The molecule has 0 rings (SSSR count). The second-order valence-corrected chi connectivity index (χ2v) is 3.95. The summed E-state index contributed by atoms with van der Waals surface area (Å²) < 4.78 is 8.77. The molecule has 11 nitrogen and oxygen atoms in total. The van der Waals surface area contributed by atoms with Crippen molar-refractivity contribution in [1.82, 2.24) is 0 Å². The molecule has 0 radical (unpaired) electrons. The van der Waals surface area contributed by atoms with E-state index in [-0.39, 0.29) is 51.4 Å². The molecule has 0 bridgehead atoms. The summed E-state index contributed by atoms with van der Waals surface area (Å²) in [5.41, 5.74) is -2.74. The van der Waals surface area contributed by atoms with E-state index in [0.717, 1.165) is 0 Å². The van der Waals surface area contributed by atoms with Crippen molar-refractivity contribution >= 4 is 25.7 Å². The summed E-state index contributed by atoms with van der Waals surface area (Å²) in [6.07, 6.45) is -2.29. The van der Waals surface area contributed by atoms with Gasteiger partial charge in [0.05, 0.1) is 12.8 Å². The normalized spacial score (nSPS) is 10.5. The fourth-order valence-corrected chi connectivity index (χ4v) is 0.714. The number of phosphoric acid groups is 1. The van der Waals surface area contributed by atoms with Crippen LogP contribution in [0.1, 0.15) is 12.8 Å². The Balaban J connectivity index is -0.000000366. The van der Waals surface area contributed by atoms with Crippen LogP contribution in [0.25, 0.3) is 0 Å². The Bertz CT molecular complexity index is 349. The number of hydrogen-bond donors (Lipinski definition) is 6. The van der Waals surface area contributed by atoms with Crippen LogP contribution >= 0.6 is 7.82 Å². The fourth-order valence-electron chi connectivity index (χ4n) is 0.714. The maximum absolute atomic E-state index is 10.3. The van der Waals surface area contributed by atoms with Gasteiger partial charge in [-0.15, -0.1) is 0 Å². The van der Waals surface area contributed by atoms with Crippen LogP contribution in [0.15, 0.2) is 0 Å². The van der Waals surface area contributed by atoms with Crippen molar-refractivity contribution in [2.75, 3.05) is 0 Å². The standard InChI is InChI=1S/C6H8O7.K.H3O4P/c7-3(8)1-6(13,5(11)12)2-4(9)10;;1-5(2,3)4/h13H,1-2H2,(H,7,8)(H,9,10)(H,11,12);;(H3,1,2,3,4)/q;+1;/p-1. The van der Waals surface area contributed by atoms with Crippen molar-refractivity contribution in [1.29, 1.82) is 0 Å². The molecule has 0 fully saturated rings. The quantitative estimate of drug-likeness (QED) is 0.206. The van der Waals surface area contributed by atoms with Gasteiger partial charge in [0.15, 0.2) is 5.60 Å². The second kappa shape index (κ2) is 9.93. The Morgan fingerprint density at radius 2 is 1.21 bits per heavy atom. The van der Waals surface area contributed by atoms with E-state index in [0.29, 0.717) is 0 Å². The van der Waals surface area contributed by atoms with Crippen molar-refractivity contribution in [3.05, 3.63) is 0 Å². The van der Waals surface area contributed by atoms with Gasteiger partial charge in [-0.3, -0.25) is 14.2 Å². The molecule has 0 aromatic carbocycles. The first-order chi connectivity index (χ1) is 7.78. The zero-order chi connectivity index (χ0) is 15.1. The topological polar surface area (TPSA) is 213 Å². The van der Waals surface area contributed by atoms with E-state index in [1.807, 2.05) is 0 Å². The smallest absolute Gasteiger partial charge is 0.756 e. The molecular weight excluding hydrogens is 318 g/mol. The minimum atomic E-state index is -4.89. The largest absolute Gasteiger partial charge is 1.00 e. The Morgan fingerprint density at radius 1 is 1.00 bits per heavy atom. The molecule has 0 aliphatic heterocycles. The molecule has 13 heteroatoms. The zero-order valence-electron chi connectivity index (χ0n) is 9.59. The van der Waals surface area contributed by atoms with E-state index in [1.54, 1.807) is 0 Å². The van der Waals surface area contributed by atoms with E-state index in [2.05, 4.69) is 0 Å². The maximum atomic E-state index is 10.3. The van der Waals surface area contributed by atoms with Crippen molar-refractivity contribution < 1.29 is 105 Å². The van der Waals surface area contributed by atoms with Crippen LogP contribution in [-0.2, 0) is 18.9 Å². The predicted octanol–water partition coefficient (Wildman–Crippen LogP) is -5.81. The SMILES string of the molecule is O=C(O)CC(O)(CC(=O)O)C(=O)O.O=P([O-])(O)O.[K+]. The van der Waals surface area contributed by atoms with E-state index < -0.39 is 44.2 Å². The van der Waals surface area contributed by atoms with Crippen LogP contribution in [0.3, 0.4) is 0 Å². The summed E-state index contributed by atoms with van der Waals surface area (Å²) in [4.78, 5) is 53.4. The van der Waals surface area contributed by atoms with Crippen molar-refractivity contribution in [3.63, 3.8) is 0 Å². The third-order valence-electron chi connectivity index (χ3n) is 1.29. The van der Waals surface area contributed by atoms with Crippen LogP contribution in [0.2, 0.25) is 0 Å². The molecule has 0 saturated carbocycles. The molecule has 0 aromatic heterocycles. The van der Waals surface area contributed by atoms with Crippen LogP contribution in [-0.4, -0.2) is 53.7 Å². The molecule has 0 heterocycles. The van der Waals surface area contributed by atoms with Crippen LogP contribution in [0, 0.1) is 0 Å². The van der Waals surface area contributed by atoms with E-state index in [4.69, 9.17) is 39.7 Å². The average molecular weight is 328 g/mol. The Labute approximate surface area is 148 Å². The van der Waals surface area contributed by atoms with Gasteiger partial charge < -0.3 is 35.1 Å². The van der Waals surface area contributed by atoms with Gasteiger partial charge in [-0.05, 0) is 0 Å². The zero-order valence-corrected chi connectivity index (χ0v) is 13.6. The van der Waals surface area contributed by atoms with Gasteiger partial charge >= 0.3 is 69.3 Å². The van der Waals surface area contributed by atoms with Gasteiger partial charge in [-0.25, -0.2) is 4.79 Å². The summed E-state index contributed by atoms with van der Waals surface area (Å²) in [6, 6.07) is 0. The maximum Gasteiger partial charge on any atom is 1.00 e. The molecule has 0 amide bonds. The number of carbonyl (C=O) groups is 3. The van der Waals surface area contributed by atoms with Crippen LogP contribution in [0.4, 0.5) is 0 Å². The van der Waals surface area contributed by atoms with Crippen LogP contribution < -0.4 is 56.3 Å². The van der Waals surface area contributed by atoms with Gasteiger partial charge in [-0.1, -0.05) is 0 Å². The molecule has 0 spiro atoms. The summed E-state index contributed by atoms with van der Waals surface area (Å²) in [6.45, 7) is 0. The molecular formula is C6H10KO11P. The minimum absolute atomic E-state index is 0. The fraction of sp³-hybridized carbons (Fsp3) is 0.500. The third-order valence-corrected chi connectivity index (χ3v) is 1.29. The Morgan fingerprint density at radius 3 is 1.32 bits per heavy atom. The molecule has 19 heavy (non-hydrogen) atoms. The molecule has 0 aliphatic carbocycles. The summed E-state index contributed by atoms with van der Waals surface area (Å²) >= 11 is 0. The van der Waals surface area contributed by atoms with Crippen molar-refractivity contribution in [3.8, 4) is 0 Å². The number of carboxylic acid groups (broad SMARTS) is 3.